The molecular formula is C23H24F2N2O3S. The molecule has 2 aliphatic heterocycles. The molecule has 0 bridgehead atoms. The normalized spacial score (nSPS) is 19.0. The number of carbonyl (C=O) groups excluding carboxylic acids is 2. The Morgan fingerprint density at radius 3 is 2.35 bits per heavy atom. The minimum absolute atomic E-state index is 0.0598. The highest BCUT2D eigenvalue weighted by atomic mass is 32.2. The molecular weight excluding hydrogens is 422 g/mol. The van der Waals surface area contributed by atoms with E-state index in [0.717, 1.165) is 42.2 Å². The molecule has 0 spiro atoms. The number of halogens is 2. The number of carbonyl (C=O) groups is 2. The second-order valence-electron chi connectivity index (χ2n) is 7.66. The number of piperazine rings is 1. The Labute approximate surface area is 184 Å². The molecule has 2 amide bonds. The van der Waals surface area contributed by atoms with Gasteiger partial charge in [0.2, 0.25) is 0 Å². The molecule has 0 saturated carbocycles. The Kier molecular flexibility index (Phi) is 6.87. The van der Waals surface area contributed by atoms with Gasteiger partial charge in [-0.25, -0.2) is 8.78 Å². The van der Waals surface area contributed by atoms with Crippen LogP contribution in [0.2, 0.25) is 0 Å². The van der Waals surface area contributed by atoms with Crippen molar-refractivity contribution in [1.82, 2.24) is 9.80 Å². The minimum Gasteiger partial charge on any atom is -0.377 e. The van der Waals surface area contributed by atoms with Gasteiger partial charge >= 0.3 is 0 Å². The minimum atomic E-state index is -1.04. The first kappa shape index (κ1) is 21.8. The van der Waals surface area contributed by atoms with E-state index in [1.807, 2.05) is 24.3 Å². The van der Waals surface area contributed by atoms with Gasteiger partial charge in [0.25, 0.3) is 11.8 Å². The van der Waals surface area contributed by atoms with E-state index in [2.05, 4.69) is 0 Å². The third-order valence-electron chi connectivity index (χ3n) is 5.59. The summed E-state index contributed by atoms with van der Waals surface area (Å²) in [6.07, 6.45) is 2.37. The maximum atomic E-state index is 13.5. The van der Waals surface area contributed by atoms with Crippen molar-refractivity contribution in [3.05, 3.63) is 65.2 Å². The molecule has 1 atom stereocenters. The van der Waals surface area contributed by atoms with Crippen molar-refractivity contribution in [2.24, 2.45) is 0 Å². The highest BCUT2D eigenvalue weighted by Gasteiger charge is 2.27. The fourth-order valence-corrected chi connectivity index (χ4v) is 4.94. The molecule has 2 heterocycles. The van der Waals surface area contributed by atoms with Crippen LogP contribution in [0.4, 0.5) is 8.78 Å². The van der Waals surface area contributed by atoms with Crippen LogP contribution >= 0.6 is 11.8 Å². The van der Waals surface area contributed by atoms with Crippen molar-refractivity contribution in [1.29, 1.82) is 0 Å². The Balaban J connectivity index is 1.37. The van der Waals surface area contributed by atoms with Crippen LogP contribution in [0.1, 0.15) is 33.6 Å². The van der Waals surface area contributed by atoms with Crippen molar-refractivity contribution in [2.45, 2.75) is 23.8 Å². The summed E-state index contributed by atoms with van der Waals surface area (Å²) in [6, 6.07) is 10.7. The van der Waals surface area contributed by atoms with Gasteiger partial charge < -0.3 is 14.5 Å². The third kappa shape index (κ3) is 5.07. The molecule has 2 aromatic rings. The van der Waals surface area contributed by atoms with Gasteiger partial charge in [-0.15, -0.1) is 11.8 Å². The lowest BCUT2D eigenvalue weighted by molar-refractivity contribution is 0.0533. The molecule has 2 fully saturated rings. The molecule has 0 aromatic heterocycles. The number of amides is 2. The van der Waals surface area contributed by atoms with Crippen molar-refractivity contribution in [3.8, 4) is 0 Å². The van der Waals surface area contributed by atoms with Crippen LogP contribution in [0.5, 0.6) is 0 Å². The highest BCUT2D eigenvalue weighted by Crippen LogP contribution is 2.28. The molecule has 2 aliphatic rings. The largest absolute Gasteiger partial charge is 0.377 e. The first-order valence-corrected chi connectivity index (χ1v) is 11.4. The van der Waals surface area contributed by atoms with E-state index < -0.39 is 11.6 Å². The first-order valence-electron chi connectivity index (χ1n) is 10.4. The molecule has 1 unspecified atom stereocenters. The van der Waals surface area contributed by atoms with E-state index in [4.69, 9.17) is 4.74 Å². The predicted molar refractivity (Wildman–Crippen MR) is 114 cm³/mol. The van der Waals surface area contributed by atoms with Crippen molar-refractivity contribution in [2.75, 3.05) is 38.5 Å². The van der Waals surface area contributed by atoms with Crippen molar-refractivity contribution >= 4 is 23.6 Å². The number of hydrogen-bond donors (Lipinski definition) is 0. The van der Waals surface area contributed by atoms with Gasteiger partial charge in [0.15, 0.2) is 11.6 Å². The zero-order valence-corrected chi connectivity index (χ0v) is 17.9. The summed E-state index contributed by atoms with van der Waals surface area (Å²) in [6.45, 7) is 2.26. The molecule has 4 rings (SSSR count). The fourth-order valence-electron chi connectivity index (χ4n) is 3.82. The molecule has 31 heavy (non-hydrogen) atoms. The zero-order valence-electron chi connectivity index (χ0n) is 17.1. The Hall–Kier alpha value is -2.45. The number of benzene rings is 2. The lowest BCUT2D eigenvalue weighted by Gasteiger charge is -2.35. The van der Waals surface area contributed by atoms with Gasteiger partial charge in [-0.2, -0.15) is 0 Å². The summed E-state index contributed by atoms with van der Waals surface area (Å²) in [4.78, 5) is 30.0. The second-order valence-corrected chi connectivity index (χ2v) is 8.72. The van der Waals surface area contributed by atoms with Crippen LogP contribution in [0.15, 0.2) is 47.4 Å². The smallest absolute Gasteiger partial charge is 0.255 e. The number of thioether (sulfide) groups is 1. The monoisotopic (exact) mass is 446 g/mol. The summed E-state index contributed by atoms with van der Waals surface area (Å²) < 4.78 is 32.3. The van der Waals surface area contributed by atoms with Gasteiger partial charge in [-0.1, -0.05) is 12.1 Å². The van der Waals surface area contributed by atoms with E-state index in [1.54, 1.807) is 21.6 Å². The van der Waals surface area contributed by atoms with E-state index in [9.17, 15) is 18.4 Å². The maximum Gasteiger partial charge on any atom is 0.255 e. The number of hydrogen-bond acceptors (Lipinski definition) is 4. The SMILES string of the molecule is O=C(c1ccc(F)c(F)c1)N1CCN(C(=O)c2ccccc2SCC2CCCO2)CC1. The third-order valence-corrected chi connectivity index (χ3v) is 6.79. The molecule has 0 radical (unpaired) electrons. The number of nitrogens with zero attached hydrogens (tertiary/aromatic N) is 2. The van der Waals surface area contributed by atoms with Crippen LogP contribution in [-0.2, 0) is 4.74 Å². The number of rotatable bonds is 5. The standard InChI is InChI=1S/C23H24F2N2O3S/c24-19-8-7-16(14-20(19)25)22(28)26-9-11-27(12-10-26)23(29)18-5-1-2-6-21(18)31-15-17-4-3-13-30-17/h1-2,5-8,14,17H,3-4,9-13,15H2. The average Bonchev–Trinajstić information content (AvgIpc) is 3.32. The van der Waals surface area contributed by atoms with Gasteiger partial charge in [0.1, 0.15) is 0 Å². The molecule has 5 nitrogen and oxygen atoms in total. The van der Waals surface area contributed by atoms with Crippen LogP contribution in [-0.4, -0.2) is 66.3 Å². The highest BCUT2D eigenvalue weighted by molar-refractivity contribution is 7.99. The van der Waals surface area contributed by atoms with Crippen molar-refractivity contribution < 1.29 is 23.1 Å². The Bertz CT molecular complexity index is 958. The quantitative estimate of drug-likeness (QED) is 0.655. The first-order chi connectivity index (χ1) is 15.0. The lowest BCUT2D eigenvalue weighted by atomic mass is 10.1. The topological polar surface area (TPSA) is 49.9 Å². The van der Waals surface area contributed by atoms with Crippen LogP contribution < -0.4 is 0 Å². The molecule has 2 aromatic carbocycles. The summed E-state index contributed by atoms with van der Waals surface area (Å²) in [5.74, 6) is -1.63. The Morgan fingerprint density at radius 1 is 0.968 bits per heavy atom. The summed E-state index contributed by atoms with van der Waals surface area (Å²) in [7, 11) is 0. The summed E-state index contributed by atoms with van der Waals surface area (Å²) >= 11 is 1.64. The van der Waals surface area contributed by atoms with Crippen molar-refractivity contribution in [3.63, 3.8) is 0 Å². The summed E-state index contributed by atoms with van der Waals surface area (Å²) in [5.41, 5.74) is 0.764. The zero-order chi connectivity index (χ0) is 21.8. The predicted octanol–water partition coefficient (Wildman–Crippen LogP) is 3.83. The van der Waals surface area contributed by atoms with E-state index in [-0.39, 0.29) is 23.5 Å². The average molecular weight is 447 g/mol. The van der Waals surface area contributed by atoms with Gasteiger partial charge in [-0.05, 0) is 43.2 Å². The Morgan fingerprint density at radius 2 is 1.68 bits per heavy atom. The van der Waals surface area contributed by atoms with Gasteiger partial charge in [-0.3, -0.25) is 9.59 Å². The second kappa shape index (κ2) is 9.78. The van der Waals surface area contributed by atoms with Crippen LogP contribution in [0.3, 0.4) is 0 Å². The molecule has 2 saturated heterocycles. The molecule has 164 valence electrons. The van der Waals surface area contributed by atoms with Crippen LogP contribution in [0, 0.1) is 11.6 Å². The fraction of sp³-hybridized carbons (Fsp3) is 0.391. The molecule has 0 aliphatic carbocycles. The maximum absolute atomic E-state index is 13.5. The number of ether oxygens (including phenoxy) is 1. The van der Waals surface area contributed by atoms with E-state index >= 15 is 0 Å². The summed E-state index contributed by atoms with van der Waals surface area (Å²) in [5, 5.41) is 0. The van der Waals surface area contributed by atoms with E-state index in [1.165, 1.54) is 6.07 Å². The van der Waals surface area contributed by atoms with Gasteiger partial charge in [0, 0.05) is 49.0 Å². The molecule has 8 heteroatoms. The van der Waals surface area contributed by atoms with E-state index in [0.29, 0.717) is 31.7 Å². The van der Waals surface area contributed by atoms with Crippen LogP contribution in [0.25, 0.3) is 0 Å². The molecule has 0 N–H and O–H groups in total. The van der Waals surface area contributed by atoms with Gasteiger partial charge in [0.05, 0.1) is 11.7 Å². The lowest BCUT2D eigenvalue weighted by Crippen LogP contribution is -2.50.